The molecule has 8 heteroatoms. The van der Waals surface area contributed by atoms with Gasteiger partial charge in [0.2, 0.25) is 5.91 Å². The minimum Gasteiger partial charge on any atom is -0.374 e. The molecule has 8 nitrogen and oxygen atoms in total. The fraction of sp³-hybridized carbons (Fsp3) is 0.621. The Morgan fingerprint density at radius 1 is 1.05 bits per heavy atom. The number of amides is 1. The number of nitrogens with zero attached hydrogens (tertiary/aromatic N) is 6. The quantitative estimate of drug-likeness (QED) is 0.540. The topological polar surface area (TPSA) is 66.7 Å². The van der Waals surface area contributed by atoms with Gasteiger partial charge in [-0.25, -0.2) is 4.68 Å². The molecule has 4 heterocycles. The number of hydrogen-bond acceptors (Lipinski definition) is 6. The van der Waals surface area contributed by atoms with Gasteiger partial charge in [-0.05, 0) is 57.1 Å². The van der Waals surface area contributed by atoms with Crippen LogP contribution in [0.25, 0.3) is 0 Å². The Hall–Kier alpha value is -2.89. The van der Waals surface area contributed by atoms with E-state index in [0.717, 1.165) is 77.9 Å². The van der Waals surface area contributed by atoms with Crippen molar-refractivity contribution in [2.45, 2.75) is 64.2 Å². The maximum absolute atomic E-state index is 12.8. The molecule has 0 aliphatic carbocycles. The standard InChI is InChI=1S/C29H40N6O2/c1-23(21-27-12-13-28(37-27)24(2)29(36)34-15-6-7-16-34)35-22-25(30-31-35)9-8-14-32-17-19-33(20-18-32)26-10-4-3-5-11-26/h3-5,10-11,22-24,27-28H,6-7,12-21H2,1-2H3/t23-,24-,27+,28-/m1/s1. The number of anilines is 1. The van der Waals surface area contributed by atoms with Gasteiger partial charge in [-0.1, -0.05) is 36.3 Å². The molecule has 1 amide bonds. The lowest BCUT2D eigenvalue weighted by Gasteiger charge is -2.35. The molecule has 3 saturated heterocycles. The van der Waals surface area contributed by atoms with Crippen LogP contribution in [0, 0.1) is 17.8 Å². The highest BCUT2D eigenvalue weighted by molar-refractivity contribution is 5.79. The van der Waals surface area contributed by atoms with Gasteiger partial charge in [-0.2, -0.15) is 0 Å². The smallest absolute Gasteiger partial charge is 0.228 e. The second kappa shape index (κ2) is 12.1. The number of aromatic nitrogens is 3. The average molecular weight is 505 g/mol. The molecule has 0 bridgehead atoms. The van der Waals surface area contributed by atoms with Crippen LogP contribution in [0.2, 0.25) is 0 Å². The summed E-state index contributed by atoms with van der Waals surface area (Å²) >= 11 is 0. The molecule has 5 rings (SSSR count). The summed E-state index contributed by atoms with van der Waals surface area (Å²) in [7, 11) is 0. The molecule has 3 aliphatic heterocycles. The van der Waals surface area contributed by atoms with E-state index in [4.69, 9.17) is 4.74 Å². The van der Waals surface area contributed by atoms with Gasteiger partial charge in [0.1, 0.15) is 0 Å². The molecule has 198 valence electrons. The van der Waals surface area contributed by atoms with Crippen LogP contribution in [0.15, 0.2) is 36.5 Å². The molecule has 0 N–H and O–H groups in total. The first kappa shape index (κ1) is 25.7. The Morgan fingerprint density at radius 2 is 1.81 bits per heavy atom. The zero-order valence-electron chi connectivity index (χ0n) is 22.3. The van der Waals surface area contributed by atoms with Gasteiger partial charge in [0.15, 0.2) is 5.69 Å². The number of ether oxygens (including phenoxy) is 1. The molecular formula is C29H40N6O2. The summed E-state index contributed by atoms with van der Waals surface area (Å²) in [4.78, 5) is 19.6. The van der Waals surface area contributed by atoms with Gasteiger partial charge >= 0.3 is 0 Å². The highest BCUT2D eigenvalue weighted by atomic mass is 16.5. The summed E-state index contributed by atoms with van der Waals surface area (Å²) in [6.07, 6.45) is 7.18. The number of carbonyl (C=O) groups excluding carboxylic acids is 1. The van der Waals surface area contributed by atoms with Gasteiger partial charge < -0.3 is 14.5 Å². The van der Waals surface area contributed by atoms with E-state index in [1.807, 2.05) is 22.7 Å². The molecule has 0 radical (unpaired) electrons. The number of rotatable bonds is 7. The fourth-order valence-corrected chi connectivity index (χ4v) is 5.74. The second-order valence-corrected chi connectivity index (χ2v) is 10.8. The molecule has 0 unspecified atom stereocenters. The van der Waals surface area contributed by atoms with Gasteiger partial charge in [0.05, 0.1) is 36.9 Å². The molecule has 1 aromatic carbocycles. The molecular weight excluding hydrogens is 464 g/mol. The maximum atomic E-state index is 12.8. The molecule has 37 heavy (non-hydrogen) atoms. The lowest BCUT2D eigenvalue weighted by atomic mass is 9.99. The summed E-state index contributed by atoms with van der Waals surface area (Å²) in [5.41, 5.74) is 2.01. The van der Waals surface area contributed by atoms with E-state index in [0.29, 0.717) is 5.69 Å². The predicted molar refractivity (Wildman–Crippen MR) is 144 cm³/mol. The van der Waals surface area contributed by atoms with Crippen LogP contribution in [0.3, 0.4) is 0 Å². The predicted octanol–water partition coefficient (Wildman–Crippen LogP) is 3.21. The van der Waals surface area contributed by atoms with Gasteiger partial charge in [-0.15, -0.1) is 5.10 Å². The Balaban J connectivity index is 1.05. The maximum Gasteiger partial charge on any atom is 0.228 e. The summed E-state index contributed by atoms with van der Waals surface area (Å²) < 4.78 is 8.23. The largest absolute Gasteiger partial charge is 0.374 e. The lowest BCUT2D eigenvalue weighted by molar-refractivity contribution is -0.138. The fourth-order valence-electron chi connectivity index (χ4n) is 5.74. The second-order valence-electron chi connectivity index (χ2n) is 10.8. The van der Waals surface area contributed by atoms with E-state index in [1.54, 1.807) is 0 Å². The van der Waals surface area contributed by atoms with E-state index >= 15 is 0 Å². The third-order valence-corrected chi connectivity index (χ3v) is 8.08. The first-order valence-electron chi connectivity index (χ1n) is 13.9. The lowest BCUT2D eigenvalue weighted by Crippen LogP contribution is -2.46. The first-order chi connectivity index (χ1) is 18.1. The van der Waals surface area contributed by atoms with E-state index < -0.39 is 0 Å². The number of hydrogen-bond donors (Lipinski definition) is 0. The highest BCUT2D eigenvalue weighted by Gasteiger charge is 2.36. The SMILES string of the molecule is C[C@H](C[C@@H]1CC[C@H]([C@@H](C)C(=O)N2CCCC2)O1)n1cc(C#CCN2CCN(c3ccccc3)CC2)nn1. The van der Waals surface area contributed by atoms with Crippen molar-refractivity contribution in [2.75, 3.05) is 50.7 Å². The monoisotopic (exact) mass is 504 g/mol. The Bertz CT molecular complexity index is 1080. The highest BCUT2D eigenvalue weighted by Crippen LogP contribution is 2.31. The zero-order valence-corrected chi connectivity index (χ0v) is 22.3. The van der Waals surface area contributed by atoms with Crippen molar-refractivity contribution in [2.24, 2.45) is 5.92 Å². The van der Waals surface area contributed by atoms with Crippen molar-refractivity contribution in [1.29, 1.82) is 0 Å². The Kier molecular flexibility index (Phi) is 8.42. The normalized spacial score (nSPS) is 24.1. The van der Waals surface area contributed by atoms with Crippen LogP contribution in [0.4, 0.5) is 5.69 Å². The van der Waals surface area contributed by atoms with E-state index in [2.05, 4.69) is 69.2 Å². The molecule has 4 atom stereocenters. The number of para-hydroxylation sites is 1. The summed E-state index contributed by atoms with van der Waals surface area (Å²) in [6, 6.07) is 10.8. The molecule has 0 spiro atoms. The van der Waals surface area contributed by atoms with Crippen molar-refractivity contribution in [3.8, 4) is 11.8 Å². The summed E-state index contributed by atoms with van der Waals surface area (Å²) in [6.45, 7) is 10.8. The van der Waals surface area contributed by atoms with Crippen LogP contribution in [0.1, 0.15) is 57.7 Å². The molecule has 3 aliphatic rings. The van der Waals surface area contributed by atoms with Crippen LogP contribution >= 0.6 is 0 Å². The van der Waals surface area contributed by atoms with Crippen LogP contribution in [-0.2, 0) is 9.53 Å². The zero-order chi connectivity index (χ0) is 25.6. The van der Waals surface area contributed by atoms with Crippen LogP contribution in [0.5, 0.6) is 0 Å². The third-order valence-electron chi connectivity index (χ3n) is 8.08. The van der Waals surface area contributed by atoms with Gasteiger partial charge in [-0.3, -0.25) is 9.69 Å². The number of likely N-dealkylation sites (tertiary alicyclic amines) is 1. The van der Waals surface area contributed by atoms with Crippen LogP contribution in [-0.4, -0.2) is 88.7 Å². The van der Waals surface area contributed by atoms with Gasteiger partial charge in [0, 0.05) is 45.0 Å². The third kappa shape index (κ3) is 6.52. The molecule has 1 aromatic heterocycles. The van der Waals surface area contributed by atoms with E-state index in [9.17, 15) is 4.79 Å². The van der Waals surface area contributed by atoms with Gasteiger partial charge in [0.25, 0.3) is 0 Å². The summed E-state index contributed by atoms with van der Waals surface area (Å²) in [5.74, 6) is 6.67. The molecule has 0 saturated carbocycles. The van der Waals surface area contributed by atoms with Crippen LogP contribution < -0.4 is 4.90 Å². The van der Waals surface area contributed by atoms with E-state index in [-0.39, 0.29) is 30.1 Å². The average Bonchev–Trinajstić information content (AvgIpc) is 3.71. The number of piperazine rings is 1. The van der Waals surface area contributed by atoms with Crippen molar-refractivity contribution in [3.63, 3.8) is 0 Å². The molecule has 3 fully saturated rings. The Morgan fingerprint density at radius 3 is 2.57 bits per heavy atom. The summed E-state index contributed by atoms with van der Waals surface area (Å²) in [5, 5.41) is 8.61. The van der Waals surface area contributed by atoms with Crippen molar-refractivity contribution < 1.29 is 9.53 Å². The minimum atomic E-state index is -0.0621. The van der Waals surface area contributed by atoms with E-state index in [1.165, 1.54) is 5.69 Å². The van der Waals surface area contributed by atoms with Crippen molar-refractivity contribution in [1.82, 2.24) is 24.8 Å². The first-order valence-corrected chi connectivity index (χ1v) is 13.9. The minimum absolute atomic E-state index is 0.0250. The Labute approximate surface area is 220 Å². The number of carbonyl (C=O) groups is 1. The van der Waals surface area contributed by atoms with Crippen molar-refractivity contribution in [3.05, 3.63) is 42.2 Å². The molecule has 2 aromatic rings. The van der Waals surface area contributed by atoms with Crippen molar-refractivity contribution >= 4 is 11.6 Å². The number of benzene rings is 1.